The van der Waals surface area contributed by atoms with Gasteiger partial charge in [-0.15, -0.1) is 0 Å². The molecular formula is C46H53NO9. The van der Waals surface area contributed by atoms with Crippen LogP contribution in [0.25, 0.3) is 0 Å². The van der Waals surface area contributed by atoms with Crippen LogP contribution in [0.2, 0.25) is 0 Å². The molecule has 4 rings (SSSR count). The van der Waals surface area contributed by atoms with Gasteiger partial charge in [0, 0.05) is 0 Å². The van der Waals surface area contributed by atoms with E-state index in [1.54, 1.807) is 72.8 Å². The lowest BCUT2D eigenvalue weighted by Gasteiger charge is -2.13. The molecule has 10 nitrogen and oxygen atoms in total. The fourth-order valence-corrected chi connectivity index (χ4v) is 5.66. The minimum Gasteiger partial charge on any atom is -0.494 e. The van der Waals surface area contributed by atoms with Gasteiger partial charge in [0.05, 0.1) is 36.0 Å². The molecule has 56 heavy (non-hydrogen) atoms. The zero-order chi connectivity index (χ0) is 39.8. The molecule has 10 heteroatoms. The van der Waals surface area contributed by atoms with Crippen LogP contribution in [0.15, 0.2) is 91.0 Å². The second-order valence-corrected chi connectivity index (χ2v) is 13.3. The molecule has 0 bridgehead atoms. The average Bonchev–Trinajstić information content (AvgIpc) is 3.22. The topological polar surface area (TPSA) is 130 Å². The van der Waals surface area contributed by atoms with E-state index in [-0.39, 0.29) is 41.4 Å². The summed E-state index contributed by atoms with van der Waals surface area (Å²) in [7, 11) is 0. The maximum absolute atomic E-state index is 13.4. The number of rotatable bonds is 25. The summed E-state index contributed by atoms with van der Waals surface area (Å²) in [5.41, 5.74) is 0.904. The van der Waals surface area contributed by atoms with Gasteiger partial charge in [0.1, 0.15) is 47.5 Å². The van der Waals surface area contributed by atoms with Crippen LogP contribution in [0.1, 0.15) is 128 Å². The molecule has 0 amide bonds. The Morgan fingerprint density at radius 2 is 0.929 bits per heavy atom. The van der Waals surface area contributed by atoms with E-state index in [1.165, 1.54) is 69.6 Å². The van der Waals surface area contributed by atoms with Gasteiger partial charge in [-0.3, -0.25) is 0 Å². The monoisotopic (exact) mass is 763 g/mol. The first-order valence-corrected chi connectivity index (χ1v) is 19.7. The first-order valence-electron chi connectivity index (χ1n) is 19.7. The molecule has 0 aliphatic carbocycles. The van der Waals surface area contributed by atoms with E-state index in [0.29, 0.717) is 36.0 Å². The summed E-state index contributed by atoms with van der Waals surface area (Å²) in [6.45, 7) is 5.47. The van der Waals surface area contributed by atoms with Crippen molar-refractivity contribution in [2.24, 2.45) is 0 Å². The molecule has 0 spiro atoms. The maximum atomic E-state index is 13.4. The summed E-state index contributed by atoms with van der Waals surface area (Å²) in [4.78, 5) is 39.7. The standard InChI is InChI=1S/C46H53NO9/c1-3-5-7-9-11-13-29-51-39-23-17-36(18-24-39)44(48)55-41-27-28-43(42(33-41)46(50)54-32-31-53-38-21-15-35(34-47)16-22-38)56-45(49)37-19-25-40(26-20-37)52-30-14-12-10-8-6-4-2/h15-28,33H,3-14,29-32H2,1-2H3. The number of ether oxygens (including phenoxy) is 6. The molecular weight excluding hydrogens is 711 g/mol. The Labute approximate surface area is 330 Å². The highest BCUT2D eigenvalue weighted by atomic mass is 16.6. The highest BCUT2D eigenvalue weighted by Gasteiger charge is 2.21. The van der Waals surface area contributed by atoms with Crippen molar-refractivity contribution in [3.8, 4) is 34.8 Å². The van der Waals surface area contributed by atoms with Crippen LogP contribution >= 0.6 is 0 Å². The fraction of sp³-hybridized carbons (Fsp3) is 0.391. The van der Waals surface area contributed by atoms with Crippen molar-refractivity contribution < 1.29 is 42.8 Å². The van der Waals surface area contributed by atoms with Gasteiger partial charge in [0.15, 0.2) is 0 Å². The van der Waals surface area contributed by atoms with Crippen molar-refractivity contribution >= 4 is 17.9 Å². The third-order valence-electron chi connectivity index (χ3n) is 8.87. The lowest BCUT2D eigenvalue weighted by atomic mass is 10.1. The van der Waals surface area contributed by atoms with E-state index >= 15 is 0 Å². The molecule has 0 aromatic heterocycles. The number of nitrogens with zero attached hydrogens (tertiary/aromatic N) is 1. The Morgan fingerprint density at radius 1 is 0.482 bits per heavy atom. The average molecular weight is 764 g/mol. The van der Waals surface area contributed by atoms with Crippen LogP contribution < -0.4 is 23.7 Å². The van der Waals surface area contributed by atoms with Gasteiger partial charge in [-0.2, -0.15) is 5.26 Å². The van der Waals surface area contributed by atoms with Crippen molar-refractivity contribution in [1.82, 2.24) is 0 Å². The van der Waals surface area contributed by atoms with E-state index in [4.69, 9.17) is 33.7 Å². The van der Waals surface area contributed by atoms with Crippen LogP contribution in [0.4, 0.5) is 0 Å². The summed E-state index contributed by atoms with van der Waals surface area (Å²) in [6, 6.07) is 25.9. The number of esters is 3. The zero-order valence-electron chi connectivity index (χ0n) is 32.6. The Hall–Kier alpha value is -5.82. The highest BCUT2D eigenvalue weighted by Crippen LogP contribution is 2.28. The SMILES string of the molecule is CCCCCCCCOc1ccc(C(=O)Oc2ccc(OC(=O)c3ccc(OCCCCCCCC)cc3)c(C(=O)OCCOc3ccc(C#N)cc3)c2)cc1. The molecule has 0 saturated carbocycles. The molecule has 0 saturated heterocycles. The maximum Gasteiger partial charge on any atom is 0.343 e. The molecule has 0 atom stereocenters. The van der Waals surface area contributed by atoms with Crippen LogP contribution in [-0.2, 0) is 4.74 Å². The van der Waals surface area contributed by atoms with Gasteiger partial charge in [0.25, 0.3) is 0 Å². The molecule has 0 radical (unpaired) electrons. The van der Waals surface area contributed by atoms with Gasteiger partial charge < -0.3 is 28.4 Å². The fourth-order valence-electron chi connectivity index (χ4n) is 5.66. The van der Waals surface area contributed by atoms with E-state index in [9.17, 15) is 14.4 Å². The predicted molar refractivity (Wildman–Crippen MR) is 214 cm³/mol. The lowest BCUT2D eigenvalue weighted by Crippen LogP contribution is -2.16. The third-order valence-corrected chi connectivity index (χ3v) is 8.87. The summed E-state index contributed by atoms with van der Waals surface area (Å²) in [6.07, 6.45) is 13.9. The van der Waals surface area contributed by atoms with Crippen LogP contribution in [0.3, 0.4) is 0 Å². The van der Waals surface area contributed by atoms with Crippen molar-refractivity contribution in [3.63, 3.8) is 0 Å². The molecule has 4 aromatic rings. The molecule has 0 unspecified atom stereocenters. The highest BCUT2D eigenvalue weighted by molar-refractivity contribution is 5.97. The van der Waals surface area contributed by atoms with Gasteiger partial charge in [-0.25, -0.2) is 14.4 Å². The summed E-state index contributed by atoms with van der Waals surface area (Å²) >= 11 is 0. The van der Waals surface area contributed by atoms with Crippen molar-refractivity contribution in [2.45, 2.75) is 90.9 Å². The molecule has 0 aliphatic heterocycles. The summed E-state index contributed by atoms with van der Waals surface area (Å²) < 4.78 is 34.0. The number of benzene rings is 4. The van der Waals surface area contributed by atoms with E-state index in [0.717, 1.165) is 25.7 Å². The van der Waals surface area contributed by atoms with Crippen molar-refractivity contribution in [2.75, 3.05) is 26.4 Å². The number of hydrogen-bond acceptors (Lipinski definition) is 10. The smallest absolute Gasteiger partial charge is 0.343 e. The second kappa shape index (κ2) is 24.6. The number of carbonyl (C=O) groups is 3. The Bertz CT molecular complexity index is 1830. The van der Waals surface area contributed by atoms with Gasteiger partial charge in [0.2, 0.25) is 0 Å². The predicted octanol–water partition coefficient (Wildman–Crippen LogP) is 10.7. The Kier molecular flexibility index (Phi) is 18.8. The normalized spacial score (nSPS) is 10.6. The molecule has 0 fully saturated rings. The van der Waals surface area contributed by atoms with Crippen molar-refractivity contribution in [3.05, 3.63) is 113 Å². The summed E-state index contributed by atoms with van der Waals surface area (Å²) in [5, 5.41) is 9.00. The molecule has 0 aliphatic rings. The largest absolute Gasteiger partial charge is 0.494 e. The lowest BCUT2D eigenvalue weighted by molar-refractivity contribution is 0.0443. The number of hydrogen-bond donors (Lipinski definition) is 0. The minimum atomic E-state index is -0.820. The number of carbonyl (C=O) groups excluding carboxylic acids is 3. The van der Waals surface area contributed by atoms with Crippen LogP contribution in [0, 0.1) is 11.3 Å². The quantitative estimate of drug-likeness (QED) is 0.0365. The molecule has 0 heterocycles. The molecule has 4 aromatic carbocycles. The van der Waals surface area contributed by atoms with Gasteiger partial charge in [-0.1, -0.05) is 78.1 Å². The molecule has 0 N–H and O–H groups in total. The molecule has 296 valence electrons. The van der Waals surface area contributed by atoms with Gasteiger partial charge in [-0.05, 0) is 104 Å². The summed E-state index contributed by atoms with van der Waals surface area (Å²) in [5.74, 6) is -0.401. The Balaban J connectivity index is 1.37. The van der Waals surface area contributed by atoms with E-state index in [1.807, 2.05) is 6.07 Å². The van der Waals surface area contributed by atoms with Crippen LogP contribution in [-0.4, -0.2) is 44.3 Å². The first kappa shape index (κ1) is 42.9. The third kappa shape index (κ3) is 15.1. The first-order chi connectivity index (χ1) is 27.4. The minimum absolute atomic E-state index is 0.0212. The van der Waals surface area contributed by atoms with E-state index < -0.39 is 17.9 Å². The number of nitriles is 1. The zero-order valence-corrected chi connectivity index (χ0v) is 32.6. The van der Waals surface area contributed by atoms with Crippen LogP contribution in [0.5, 0.6) is 28.7 Å². The van der Waals surface area contributed by atoms with E-state index in [2.05, 4.69) is 13.8 Å². The number of unbranched alkanes of at least 4 members (excludes halogenated alkanes) is 10. The van der Waals surface area contributed by atoms with Gasteiger partial charge >= 0.3 is 17.9 Å². The second-order valence-electron chi connectivity index (χ2n) is 13.3. The Morgan fingerprint density at radius 3 is 1.45 bits per heavy atom. The van der Waals surface area contributed by atoms with Crippen molar-refractivity contribution in [1.29, 1.82) is 5.26 Å².